The Kier molecular flexibility index (Phi) is 6.76. The van der Waals surface area contributed by atoms with Crippen LogP contribution in [0.4, 0.5) is 0 Å². The average molecular weight is 249 g/mol. The molecule has 1 aromatic rings. The van der Waals surface area contributed by atoms with E-state index >= 15 is 0 Å². The van der Waals surface area contributed by atoms with Gasteiger partial charge in [-0.3, -0.25) is 4.79 Å². The summed E-state index contributed by atoms with van der Waals surface area (Å²) in [5.41, 5.74) is 2.16. The van der Waals surface area contributed by atoms with E-state index in [0.29, 0.717) is 19.8 Å². The van der Waals surface area contributed by atoms with Gasteiger partial charge in [-0.05, 0) is 18.6 Å². The molecule has 0 aliphatic carbocycles. The lowest BCUT2D eigenvalue weighted by atomic mass is 10.1. The third kappa shape index (κ3) is 6.18. The molecule has 0 spiro atoms. The molecule has 0 fully saturated rings. The Hall–Kier alpha value is -1.65. The summed E-state index contributed by atoms with van der Waals surface area (Å²) in [4.78, 5) is 11.4. The summed E-state index contributed by atoms with van der Waals surface area (Å²) in [7, 11) is 0. The third-order valence-electron chi connectivity index (χ3n) is 2.25. The van der Waals surface area contributed by atoms with Gasteiger partial charge in [-0.25, -0.2) is 0 Å². The Morgan fingerprint density at radius 1 is 1.44 bits per heavy atom. The molecule has 1 rings (SSSR count). The molecule has 0 radical (unpaired) electrons. The first-order valence-corrected chi connectivity index (χ1v) is 5.93. The molecule has 1 aromatic carbocycles. The highest BCUT2D eigenvalue weighted by atomic mass is 16.5. The van der Waals surface area contributed by atoms with Crippen LogP contribution < -0.4 is 5.32 Å². The Morgan fingerprint density at radius 2 is 2.28 bits per heavy atom. The van der Waals surface area contributed by atoms with Crippen LogP contribution in [0, 0.1) is 6.92 Å². The Bertz CT molecular complexity index is 402. The van der Waals surface area contributed by atoms with Crippen molar-refractivity contribution in [2.75, 3.05) is 26.4 Å². The fourth-order valence-corrected chi connectivity index (χ4v) is 1.42. The minimum atomic E-state index is -0.149. The van der Waals surface area contributed by atoms with Gasteiger partial charge < -0.3 is 15.2 Å². The van der Waals surface area contributed by atoms with Crippen LogP contribution in [0.3, 0.4) is 0 Å². The van der Waals surface area contributed by atoms with Gasteiger partial charge in [0.2, 0.25) is 5.91 Å². The predicted molar refractivity (Wildman–Crippen MR) is 71.1 cm³/mol. The van der Waals surface area contributed by atoms with E-state index in [1.54, 1.807) is 6.08 Å². The maximum atomic E-state index is 11.4. The maximum absolute atomic E-state index is 11.4. The number of benzene rings is 1. The zero-order valence-corrected chi connectivity index (χ0v) is 10.6. The molecule has 0 aliphatic heterocycles. The van der Waals surface area contributed by atoms with Crippen molar-refractivity contribution in [1.82, 2.24) is 5.32 Å². The minimum absolute atomic E-state index is 0.00120. The van der Waals surface area contributed by atoms with Crippen molar-refractivity contribution in [3.63, 3.8) is 0 Å². The standard InChI is InChI=1S/C14H19NO3/c1-12-3-2-4-13(11-12)5-6-14(17)15-7-9-18-10-8-16/h2-6,11,16H,7-10H2,1H3,(H,15,17)/b6-5+. The molecule has 0 saturated carbocycles. The monoisotopic (exact) mass is 249 g/mol. The number of nitrogens with one attached hydrogen (secondary N) is 1. The van der Waals surface area contributed by atoms with E-state index in [2.05, 4.69) is 5.32 Å². The van der Waals surface area contributed by atoms with Crippen molar-refractivity contribution in [3.8, 4) is 0 Å². The molecule has 0 heterocycles. The van der Waals surface area contributed by atoms with Crippen LogP contribution in [-0.4, -0.2) is 37.4 Å². The number of hydrogen-bond donors (Lipinski definition) is 2. The molecule has 98 valence electrons. The lowest BCUT2D eigenvalue weighted by Gasteiger charge is -2.02. The van der Waals surface area contributed by atoms with Crippen LogP contribution >= 0.6 is 0 Å². The molecule has 0 unspecified atom stereocenters. The first kappa shape index (κ1) is 14.4. The molecule has 0 bridgehead atoms. The van der Waals surface area contributed by atoms with E-state index in [4.69, 9.17) is 9.84 Å². The number of carbonyl (C=O) groups is 1. The van der Waals surface area contributed by atoms with Gasteiger partial charge in [-0.15, -0.1) is 0 Å². The van der Waals surface area contributed by atoms with Gasteiger partial charge in [0.15, 0.2) is 0 Å². The van der Waals surface area contributed by atoms with Gasteiger partial charge in [0.1, 0.15) is 0 Å². The van der Waals surface area contributed by atoms with E-state index in [0.717, 1.165) is 11.1 Å². The second kappa shape index (κ2) is 8.44. The fourth-order valence-electron chi connectivity index (χ4n) is 1.42. The Labute approximate surface area is 107 Å². The second-order valence-corrected chi connectivity index (χ2v) is 3.87. The van der Waals surface area contributed by atoms with Crippen LogP contribution in [0.5, 0.6) is 0 Å². The first-order chi connectivity index (χ1) is 8.72. The summed E-state index contributed by atoms with van der Waals surface area (Å²) in [6, 6.07) is 7.92. The molecule has 1 amide bonds. The fraction of sp³-hybridized carbons (Fsp3) is 0.357. The molecular formula is C14H19NO3. The predicted octanol–water partition coefficient (Wildman–Crippen LogP) is 1.13. The van der Waals surface area contributed by atoms with Gasteiger partial charge in [0.05, 0.1) is 19.8 Å². The van der Waals surface area contributed by atoms with Crippen LogP contribution in [-0.2, 0) is 9.53 Å². The number of ether oxygens (including phenoxy) is 1. The lowest BCUT2D eigenvalue weighted by molar-refractivity contribution is -0.116. The summed E-state index contributed by atoms with van der Waals surface area (Å²) < 4.78 is 5.02. The summed E-state index contributed by atoms with van der Waals surface area (Å²) in [6.07, 6.45) is 3.28. The molecule has 0 atom stereocenters. The quantitative estimate of drug-likeness (QED) is 0.562. The van der Waals surface area contributed by atoms with Gasteiger partial charge in [-0.2, -0.15) is 0 Å². The van der Waals surface area contributed by atoms with E-state index in [9.17, 15) is 4.79 Å². The normalized spacial score (nSPS) is 10.8. The van der Waals surface area contributed by atoms with Crippen LogP contribution in [0.15, 0.2) is 30.3 Å². The SMILES string of the molecule is Cc1cccc(/C=C/C(=O)NCCOCCO)c1. The number of rotatable bonds is 7. The van der Waals surface area contributed by atoms with Gasteiger partial charge in [0, 0.05) is 12.6 Å². The van der Waals surface area contributed by atoms with Crippen LogP contribution in [0.2, 0.25) is 0 Å². The zero-order valence-electron chi connectivity index (χ0n) is 10.6. The largest absolute Gasteiger partial charge is 0.394 e. The third-order valence-corrected chi connectivity index (χ3v) is 2.25. The molecule has 4 nitrogen and oxygen atoms in total. The highest BCUT2D eigenvalue weighted by molar-refractivity contribution is 5.91. The lowest BCUT2D eigenvalue weighted by Crippen LogP contribution is -2.25. The highest BCUT2D eigenvalue weighted by Gasteiger charge is 1.95. The molecule has 0 saturated heterocycles. The number of aliphatic hydroxyl groups excluding tert-OH is 1. The maximum Gasteiger partial charge on any atom is 0.244 e. The number of amides is 1. The second-order valence-electron chi connectivity index (χ2n) is 3.87. The summed E-state index contributed by atoms with van der Waals surface area (Å²) in [5.74, 6) is -0.149. The van der Waals surface area contributed by atoms with E-state index in [-0.39, 0.29) is 12.5 Å². The van der Waals surface area contributed by atoms with Crippen LogP contribution in [0.1, 0.15) is 11.1 Å². The number of aliphatic hydroxyl groups is 1. The van der Waals surface area contributed by atoms with Crippen molar-refractivity contribution in [3.05, 3.63) is 41.5 Å². The summed E-state index contributed by atoms with van der Waals surface area (Å²) >= 11 is 0. The molecular weight excluding hydrogens is 230 g/mol. The molecule has 4 heteroatoms. The van der Waals surface area contributed by atoms with Crippen molar-refractivity contribution in [2.45, 2.75) is 6.92 Å². The minimum Gasteiger partial charge on any atom is -0.394 e. The van der Waals surface area contributed by atoms with Gasteiger partial charge in [0.25, 0.3) is 0 Å². The Balaban J connectivity index is 2.27. The molecule has 2 N–H and O–H groups in total. The van der Waals surface area contributed by atoms with Crippen molar-refractivity contribution in [2.24, 2.45) is 0 Å². The number of carbonyl (C=O) groups excluding carboxylic acids is 1. The Morgan fingerprint density at radius 3 is 3.00 bits per heavy atom. The topological polar surface area (TPSA) is 58.6 Å². The number of aryl methyl sites for hydroxylation is 1. The van der Waals surface area contributed by atoms with E-state index < -0.39 is 0 Å². The zero-order chi connectivity index (χ0) is 13.2. The van der Waals surface area contributed by atoms with Gasteiger partial charge >= 0.3 is 0 Å². The average Bonchev–Trinajstić information content (AvgIpc) is 2.36. The van der Waals surface area contributed by atoms with E-state index in [1.165, 1.54) is 6.08 Å². The van der Waals surface area contributed by atoms with Crippen molar-refractivity contribution in [1.29, 1.82) is 0 Å². The highest BCUT2D eigenvalue weighted by Crippen LogP contribution is 2.05. The van der Waals surface area contributed by atoms with Crippen LogP contribution in [0.25, 0.3) is 6.08 Å². The smallest absolute Gasteiger partial charge is 0.244 e. The van der Waals surface area contributed by atoms with Crippen molar-refractivity contribution >= 4 is 12.0 Å². The van der Waals surface area contributed by atoms with E-state index in [1.807, 2.05) is 31.2 Å². The molecule has 18 heavy (non-hydrogen) atoms. The first-order valence-electron chi connectivity index (χ1n) is 5.93. The molecule has 0 aromatic heterocycles. The van der Waals surface area contributed by atoms with Gasteiger partial charge in [-0.1, -0.05) is 29.8 Å². The number of hydrogen-bond acceptors (Lipinski definition) is 3. The summed E-state index contributed by atoms with van der Waals surface area (Å²) in [5, 5.41) is 11.2. The summed E-state index contributed by atoms with van der Waals surface area (Å²) in [6.45, 7) is 3.16. The van der Waals surface area contributed by atoms with Crippen molar-refractivity contribution < 1.29 is 14.6 Å². The molecule has 0 aliphatic rings.